The minimum absolute atomic E-state index is 0.253. The van der Waals surface area contributed by atoms with E-state index in [1.165, 1.54) is 0 Å². The summed E-state index contributed by atoms with van der Waals surface area (Å²) in [7, 11) is -2.14. The maximum Gasteiger partial charge on any atom is 0.195 e. The van der Waals surface area contributed by atoms with Crippen molar-refractivity contribution in [1.29, 1.82) is 0 Å². The second-order valence-electron chi connectivity index (χ2n) is 10.0. The molecule has 1 N–H and O–H groups in total. The highest BCUT2D eigenvalue weighted by Crippen LogP contribution is 2.37. The van der Waals surface area contributed by atoms with Crippen molar-refractivity contribution in [3.63, 3.8) is 0 Å². The Hall–Kier alpha value is -2.82. The van der Waals surface area contributed by atoms with Crippen molar-refractivity contribution in [3.05, 3.63) is 70.9 Å². The number of rotatable bonds is 5. The van der Waals surface area contributed by atoms with Crippen LogP contribution < -0.4 is 0 Å². The van der Waals surface area contributed by atoms with E-state index in [1.807, 2.05) is 48.5 Å². The fourth-order valence-corrected chi connectivity index (χ4v) is 5.67. The molecule has 10 heteroatoms. The zero-order valence-electron chi connectivity index (χ0n) is 21.0. The molecule has 2 saturated heterocycles. The lowest BCUT2D eigenvalue weighted by atomic mass is 10.0. The Morgan fingerprint density at radius 3 is 2.61 bits per heavy atom. The van der Waals surface area contributed by atoms with E-state index in [-0.39, 0.29) is 24.9 Å². The van der Waals surface area contributed by atoms with Gasteiger partial charge in [-0.05, 0) is 28.8 Å². The molecule has 2 aromatic carbocycles. The summed E-state index contributed by atoms with van der Waals surface area (Å²) >= 11 is 6.62. The summed E-state index contributed by atoms with van der Waals surface area (Å²) in [6.07, 6.45) is 2.16. The van der Waals surface area contributed by atoms with Gasteiger partial charge >= 0.3 is 0 Å². The molecule has 0 bridgehead atoms. The van der Waals surface area contributed by atoms with Gasteiger partial charge in [-0.15, -0.1) is 0 Å². The summed E-state index contributed by atoms with van der Waals surface area (Å²) in [6.45, 7) is 1.02. The van der Waals surface area contributed by atoms with Crippen molar-refractivity contribution in [1.82, 2.24) is 4.98 Å². The maximum absolute atomic E-state index is 11.9. The van der Waals surface area contributed by atoms with Crippen LogP contribution in [0.3, 0.4) is 0 Å². The fraction of sp³-hybridized carbons (Fsp3) is 0.357. The number of fused-ring (bicyclic) bond motifs is 2. The largest absolute Gasteiger partial charge is 0.472 e. The van der Waals surface area contributed by atoms with Crippen molar-refractivity contribution in [2.24, 2.45) is 9.36 Å². The molecule has 2 fully saturated rings. The Morgan fingerprint density at radius 2 is 1.82 bits per heavy atom. The molecule has 1 aromatic heterocycles. The number of benzene rings is 2. The number of aliphatic hydroxyl groups excluding tert-OH is 1. The van der Waals surface area contributed by atoms with Crippen molar-refractivity contribution in [3.8, 4) is 22.4 Å². The molecule has 4 atom stereocenters. The minimum atomic E-state index is -2.14. The summed E-state index contributed by atoms with van der Waals surface area (Å²) in [6, 6.07) is 18.0. The Kier molecular flexibility index (Phi) is 6.74. The van der Waals surface area contributed by atoms with Gasteiger partial charge in [-0.1, -0.05) is 54.1 Å². The topological polar surface area (TPSA) is 103 Å². The number of aliphatic hydroxyl groups is 1. The molecule has 0 saturated carbocycles. The highest BCUT2D eigenvalue weighted by molar-refractivity contribution is 7.92. The van der Waals surface area contributed by atoms with Crippen molar-refractivity contribution in [2.75, 3.05) is 25.7 Å². The normalized spacial score (nSPS) is 24.2. The molecule has 3 aliphatic heterocycles. The maximum atomic E-state index is 11.9. The van der Waals surface area contributed by atoms with E-state index in [0.717, 1.165) is 27.9 Å². The van der Waals surface area contributed by atoms with Gasteiger partial charge in [0.05, 0.1) is 48.3 Å². The summed E-state index contributed by atoms with van der Waals surface area (Å²) in [5.41, 5.74) is 6.21. The summed E-state index contributed by atoms with van der Waals surface area (Å²) in [5, 5.41) is 10.5. The van der Waals surface area contributed by atoms with E-state index in [2.05, 4.69) is 15.4 Å². The molecule has 8 nitrogen and oxygen atoms in total. The molecule has 3 aliphatic rings. The zero-order valence-corrected chi connectivity index (χ0v) is 22.6. The first-order chi connectivity index (χ1) is 18.2. The SMILES string of the molecule is CS(C)(=O)=NCc1cccc(-c2ccc(-c3nc4c(cc3Cl)N=C(O[C@@H]3CO[C@H]5[C@@H]3OC[C@H]5O)C4)cc2)c1. The quantitative estimate of drug-likeness (QED) is 0.501. The van der Waals surface area contributed by atoms with Gasteiger partial charge in [0.2, 0.25) is 0 Å². The Bertz CT molecular complexity index is 1530. The number of ether oxygens (including phenoxy) is 3. The molecule has 198 valence electrons. The number of halogens is 1. The van der Waals surface area contributed by atoms with Gasteiger partial charge in [0.1, 0.15) is 18.3 Å². The van der Waals surface area contributed by atoms with E-state index >= 15 is 0 Å². The molecule has 6 rings (SSSR count). The predicted octanol–water partition coefficient (Wildman–Crippen LogP) is 4.43. The van der Waals surface area contributed by atoms with E-state index in [9.17, 15) is 9.32 Å². The van der Waals surface area contributed by atoms with Crippen LogP contribution in [0.5, 0.6) is 0 Å². The summed E-state index contributed by atoms with van der Waals surface area (Å²) < 4.78 is 33.6. The molecule has 0 unspecified atom stereocenters. The molecule has 0 spiro atoms. The zero-order chi connectivity index (χ0) is 26.4. The van der Waals surface area contributed by atoms with E-state index in [1.54, 1.807) is 12.5 Å². The molecule has 0 aliphatic carbocycles. The number of hydrogen-bond acceptors (Lipinski definition) is 8. The lowest BCUT2D eigenvalue weighted by Gasteiger charge is -2.17. The minimum Gasteiger partial charge on any atom is -0.472 e. The number of nitrogens with zero attached hydrogens (tertiary/aromatic N) is 3. The number of aromatic nitrogens is 1. The Morgan fingerprint density at radius 1 is 1.05 bits per heavy atom. The smallest absolute Gasteiger partial charge is 0.195 e. The van der Waals surface area contributed by atoms with Gasteiger partial charge in [0, 0.05) is 27.8 Å². The molecule has 0 amide bonds. The first kappa shape index (κ1) is 25.5. The summed E-state index contributed by atoms with van der Waals surface area (Å²) in [5.74, 6) is 0.545. The third kappa shape index (κ3) is 5.21. The average Bonchev–Trinajstić information content (AvgIpc) is 3.59. The van der Waals surface area contributed by atoms with Crippen LogP contribution in [-0.2, 0) is 36.9 Å². The standard InChI is InChI=1S/C28H28ClN3O5S/c1-38(2,34)30-13-16-4-3-5-19(10-16)17-6-8-18(9-7-17)26-20(29)11-21-22(32-26)12-25(31-21)37-24-15-36-27-23(33)14-35-28(24)27/h3-11,23-24,27-28,33H,12-15H2,1-2H3/t23-,24-,27-,28-/m1/s1. The lowest BCUT2D eigenvalue weighted by molar-refractivity contribution is 0.00558. The second kappa shape index (κ2) is 10.1. The monoisotopic (exact) mass is 553 g/mol. The van der Waals surface area contributed by atoms with Crippen LogP contribution in [0.4, 0.5) is 5.69 Å². The van der Waals surface area contributed by atoms with E-state index in [4.69, 9.17) is 30.8 Å². The first-order valence-electron chi connectivity index (χ1n) is 12.4. The molecule has 0 radical (unpaired) electrons. The van der Waals surface area contributed by atoms with Crippen molar-refractivity contribution in [2.45, 2.75) is 37.4 Å². The lowest BCUT2D eigenvalue weighted by Crippen LogP contribution is -2.34. The van der Waals surface area contributed by atoms with E-state index in [0.29, 0.717) is 41.9 Å². The molecule has 3 aromatic rings. The van der Waals surface area contributed by atoms with Gasteiger partial charge in [-0.3, -0.25) is 4.21 Å². The third-order valence-corrected chi connectivity index (χ3v) is 7.88. The van der Waals surface area contributed by atoms with Gasteiger partial charge in [0.15, 0.2) is 12.0 Å². The highest BCUT2D eigenvalue weighted by Gasteiger charge is 2.49. The van der Waals surface area contributed by atoms with Crippen molar-refractivity contribution < 1.29 is 23.5 Å². The van der Waals surface area contributed by atoms with E-state index < -0.39 is 15.8 Å². The van der Waals surface area contributed by atoms with Crippen LogP contribution in [0, 0.1) is 0 Å². The Labute approximate surface area is 226 Å². The predicted molar refractivity (Wildman–Crippen MR) is 147 cm³/mol. The van der Waals surface area contributed by atoms with Gasteiger partial charge in [-0.25, -0.2) is 14.3 Å². The van der Waals surface area contributed by atoms with Gasteiger partial charge < -0.3 is 19.3 Å². The Balaban J connectivity index is 1.17. The van der Waals surface area contributed by atoms with Crippen LogP contribution in [0.1, 0.15) is 11.3 Å². The second-order valence-corrected chi connectivity index (χ2v) is 13.1. The van der Waals surface area contributed by atoms with Crippen LogP contribution in [0.25, 0.3) is 22.4 Å². The van der Waals surface area contributed by atoms with Crippen LogP contribution in [-0.4, -0.2) is 70.3 Å². The number of hydrogen-bond donors (Lipinski definition) is 1. The third-order valence-electron chi connectivity index (χ3n) is 6.84. The van der Waals surface area contributed by atoms with Gasteiger partial charge in [0.25, 0.3) is 0 Å². The number of aliphatic imine (C=N–C) groups is 1. The molecule has 4 heterocycles. The number of pyridine rings is 1. The average molecular weight is 554 g/mol. The molecular weight excluding hydrogens is 526 g/mol. The van der Waals surface area contributed by atoms with Gasteiger partial charge in [-0.2, -0.15) is 0 Å². The fourth-order valence-electron chi connectivity index (χ4n) is 4.95. The van der Waals surface area contributed by atoms with Crippen LogP contribution in [0.15, 0.2) is 64.0 Å². The first-order valence-corrected chi connectivity index (χ1v) is 15.1. The highest BCUT2D eigenvalue weighted by atomic mass is 35.5. The molecular formula is C28H28ClN3O5S. The van der Waals surface area contributed by atoms with Crippen LogP contribution >= 0.6 is 11.6 Å². The van der Waals surface area contributed by atoms with Crippen molar-refractivity contribution >= 4 is 32.9 Å². The van der Waals surface area contributed by atoms with Crippen LogP contribution in [0.2, 0.25) is 5.02 Å². The summed E-state index contributed by atoms with van der Waals surface area (Å²) in [4.78, 5) is 9.41. The molecule has 38 heavy (non-hydrogen) atoms.